The van der Waals surface area contributed by atoms with E-state index in [2.05, 4.69) is 0 Å². The van der Waals surface area contributed by atoms with Gasteiger partial charge in [0, 0.05) is 12.2 Å². The van der Waals surface area contributed by atoms with Crippen LogP contribution in [0.2, 0.25) is 0 Å². The maximum atomic E-state index is 13.7. The van der Waals surface area contributed by atoms with Crippen molar-refractivity contribution in [1.82, 2.24) is 0 Å². The first kappa shape index (κ1) is 17.0. The number of benzene rings is 2. The van der Waals surface area contributed by atoms with Crippen molar-refractivity contribution in [1.29, 1.82) is 0 Å². The number of hydrogen-bond donors (Lipinski definition) is 0. The molecule has 25 heavy (non-hydrogen) atoms. The van der Waals surface area contributed by atoms with E-state index in [1.165, 1.54) is 26.2 Å². The summed E-state index contributed by atoms with van der Waals surface area (Å²) in [4.78, 5) is 26.4. The fraction of sp³-hybridized carbons (Fsp3) is 0.263. The number of para-hydroxylation sites is 1. The van der Waals surface area contributed by atoms with Crippen LogP contribution in [0.5, 0.6) is 5.75 Å². The molecule has 1 heterocycles. The zero-order valence-electron chi connectivity index (χ0n) is 14.0. The van der Waals surface area contributed by atoms with Crippen LogP contribution in [0.15, 0.2) is 42.5 Å². The molecule has 0 bridgehead atoms. The van der Waals surface area contributed by atoms with Gasteiger partial charge in [-0.1, -0.05) is 18.2 Å². The Labute approximate surface area is 145 Å². The summed E-state index contributed by atoms with van der Waals surface area (Å²) < 4.78 is 23.7. The van der Waals surface area contributed by atoms with Crippen LogP contribution in [0, 0.1) is 5.82 Å². The summed E-state index contributed by atoms with van der Waals surface area (Å²) in [5.74, 6) is -1.68. The van der Waals surface area contributed by atoms with E-state index in [1.807, 2.05) is 24.3 Å². The molecule has 0 spiro atoms. The van der Waals surface area contributed by atoms with Gasteiger partial charge in [0.25, 0.3) is 5.91 Å². The zero-order chi connectivity index (χ0) is 18.0. The Hall–Kier alpha value is -2.89. The maximum absolute atomic E-state index is 13.7. The third kappa shape index (κ3) is 3.33. The minimum Gasteiger partial charge on any atom is -0.494 e. The average molecular weight is 343 g/mol. The highest BCUT2D eigenvalue weighted by atomic mass is 19.1. The Kier molecular flexibility index (Phi) is 4.70. The normalized spacial score (nSPS) is 14.0. The molecule has 1 amide bonds. The Morgan fingerprint density at radius 3 is 2.68 bits per heavy atom. The Bertz CT molecular complexity index is 821. The topological polar surface area (TPSA) is 55.8 Å². The molecule has 3 rings (SSSR count). The lowest BCUT2D eigenvalue weighted by Gasteiger charge is -2.21. The van der Waals surface area contributed by atoms with Gasteiger partial charge in [0.15, 0.2) is 17.7 Å². The molecule has 1 aliphatic rings. The van der Waals surface area contributed by atoms with E-state index in [4.69, 9.17) is 9.47 Å². The first-order chi connectivity index (χ1) is 12.0. The number of rotatable bonds is 4. The van der Waals surface area contributed by atoms with Crippen LogP contribution in [0.4, 0.5) is 10.1 Å². The van der Waals surface area contributed by atoms with E-state index in [9.17, 15) is 14.0 Å². The summed E-state index contributed by atoms with van der Waals surface area (Å²) in [6.07, 6.45) is -0.199. The number of ether oxygens (including phenoxy) is 2. The summed E-state index contributed by atoms with van der Waals surface area (Å²) >= 11 is 0. The number of methoxy groups -OCH3 is 1. The van der Waals surface area contributed by atoms with Gasteiger partial charge in [0.05, 0.1) is 12.7 Å². The highest BCUT2D eigenvalue weighted by Crippen LogP contribution is 2.28. The smallest absolute Gasteiger partial charge is 0.339 e. The van der Waals surface area contributed by atoms with Crippen molar-refractivity contribution in [2.24, 2.45) is 0 Å². The van der Waals surface area contributed by atoms with Crippen molar-refractivity contribution in [2.75, 3.05) is 18.6 Å². The second-order valence-corrected chi connectivity index (χ2v) is 5.77. The van der Waals surface area contributed by atoms with Crippen LogP contribution in [0.3, 0.4) is 0 Å². The Morgan fingerprint density at radius 2 is 1.96 bits per heavy atom. The van der Waals surface area contributed by atoms with Crippen LogP contribution in [-0.4, -0.2) is 31.6 Å². The van der Waals surface area contributed by atoms with E-state index in [0.29, 0.717) is 6.54 Å². The molecule has 0 aromatic heterocycles. The highest BCUT2D eigenvalue weighted by molar-refractivity contribution is 6.00. The summed E-state index contributed by atoms with van der Waals surface area (Å²) in [7, 11) is 1.34. The molecule has 0 aliphatic carbocycles. The molecule has 6 heteroatoms. The van der Waals surface area contributed by atoms with Gasteiger partial charge in [-0.3, -0.25) is 4.79 Å². The summed E-state index contributed by atoms with van der Waals surface area (Å²) in [5.41, 5.74) is 1.96. The number of carbonyl (C=O) groups excluding carboxylic acids is 2. The number of carbonyl (C=O) groups is 2. The lowest BCUT2D eigenvalue weighted by molar-refractivity contribution is -0.126. The second-order valence-electron chi connectivity index (χ2n) is 5.77. The minimum absolute atomic E-state index is 0.0276. The number of nitrogens with zero attached hydrogens (tertiary/aromatic N) is 1. The molecule has 0 N–H and O–H groups in total. The van der Waals surface area contributed by atoms with Crippen LogP contribution in [0.1, 0.15) is 22.8 Å². The molecule has 0 saturated carbocycles. The van der Waals surface area contributed by atoms with Gasteiger partial charge in [-0.15, -0.1) is 0 Å². The molecule has 5 nitrogen and oxygen atoms in total. The van der Waals surface area contributed by atoms with Crippen LogP contribution in [-0.2, 0) is 16.0 Å². The van der Waals surface area contributed by atoms with Gasteiger partial charge in [-0.25, -0.2) is 9.18 Å². The van der Waals surface area contributed by atoms with E-state index in [1.54, 1.807) is 4.90 Å². The predicted molar refractivity (Wildman–Crippen MR) is 90.3 cm³/mol. The van der Waals surface area contributed by atoms with Gasteiger partial charge in [-0.05, 0) is 43.2 Å². The van der Waals surface area contributed by atoms with E-state index < -0.39 is 17.9 Å². The molecule has 0 unspecified atom stereocenters. The molecule has 0 fully saturated rings. The summed E-state index contributed by atoms with van der Waals surface area (Å²) in [6, 6.07) is 11.4. The average Bonchev–Trinajstić information content (AvgIpc) is 3.04. The molecule has 1 aliphatic heterocycles. The summed E-state index contributed by atoms with van der Waals surface area (Å²) in [6.45, 7) is 2.07. The van der Waals surface area contributed by atoms with Crippen LogP contribution < -0.4 is 9.64 Å². The van der Waals surface area contributed by atoms with Crippen molar-refractivity contribution in [3.63, 3.8) is 0 Å². The molecular formula is C19H18FNO4. The van der Waals surface area contributed by atoms with Gasteiger partial charge in [0.1, 0.15) is 0 Å². The van der Waals surface area contributed by atoms with Crippen LogP contribution in [0.25, 0.3) is 0 Å². The monoisotopic (exact) mass is 343 g/mol. The molecule has 0 radical (unpaired) electrons. The van der Waals surface area contributed by atoms with Gasteiger partial charge >= 0.3 is 5.97 Å². The fourth-order valence-electron chi connectivity index (χ4n) is 2.86. The number of halogens is 1. The number of amides is 1. The predicted octanol–water partition coefficient (Wildman–Crippen LogP) is 2.97. The number of esters is 1. The lowest BCUT2D eigenvalue weighted by Crippen LogP contribution is -2.39. The fourth-order valence-corrected chi connectivity index (χ4v) is 2.86. The SMILES string of the molecule is COc1ccc(C(=O)O[C@@H](C)C(=O)N2CCc3ccccc32)cc1F. The number of anilines is 1. The zero-order valence-corrected chi connectivity index (χ0v) is 14.0. The molecule has 130 valence electrons. The lowest BCUT2D eigenvalue weighted by atomic mass is 10.2. The third-order valence-electron chi connectivity index (χ3n) is 4.17. The standard InChI is InChI=1S/C19H18FNO4/c1-12(18(22)21-10-9-13-5-3-4-6-16(13)21)25-19(23)14-7-8-17(24-2)15(20)11-14/h3-8,11-12H,9-10H2,1-2H3/t12-/m0/s1. The Morgan fingerprint density at radius 1 is 1.20 bits per heavy atom. The molecule has 0 saturated heterocycles. The van der Waals surface area contributed by atoms with Crippen molar-refractivity contribution >= 4 is 17.6 Å². The highest BCUT2D eigenvalue weighted by Gasteiger charge is 2.30. The first-order valence-corrected chi connectivity index (χ1v) is 7.95. The molecular weight excluding hydrogens is 325 g/mol. The molecule has 1 atom stereocenters. The van der Waals surface area contributed by atoms with Gasteiger partial charge < -0.3 is 14.4 Å². The van der Waals surface area contributed by atoms with Crippen molar-refractivity contribution in [2.45, 2.75) is 19.4 Å². The van der Waals surface area contributed by atoms with Crippen molar-refractivity contribution in [3.8, 4) is 5.75 Å². The van der Waals surface area contributed by atoms with Crippen molar-refractivity contribution < 1.29 is 23.5 Å². The maximum Gasteiger partial charge on any atom is 0.339 e. The van der Waals surface area contributed by atoms with E-state index in [-0.39, 0.29) is 17.2 Å². The quantitative estimate of drug-likeness (QED) is 0.801. The molecule has 2 aromatic rings. The largest absolute Gasteiger partial charge is 0.494 e. The minimum atomic E-state index is -0.969. The van der Waals surface area contributed by atoms with Crippen molar-refractivity contribution in [3.05, 3.63) is 59.4 Å². The number of hydrogen-bond acceptors (Lipinski definition) is 4. The van der Waals surface area contributed by atoms with E-state index >= 15 is 0 Å². The molecule has 2 aromatic carbocycles. The third-order valence-corrected chi connectivity index (χ3v) is 4.17. The van der Waals surface area contributed by atoms with E-state index in [0.717, 1.165) is 23.7 Å². The van der Waals surface area contributed by atoms with Gasteiger partial charge in [0.2, 0.25) is 0 Å². The second kappa shape index (κ2) is 6.93. The first-order valence-electron chi connectivity index (χ1n) is 7.95. The van der Waals surface area contributed by atoms with Gasteiger partial charge in [-0.2, -0.15) is 0 Å². The Balaban J connectivity index is 1.70. The summed E-state index contributed by atoms with van der Waals surface area (Å²) in [5, 5.41) is 0. The van der Waals surface area contributed by atoms with Crippen LogP contribution >= 0.6 is 0 Å². The number of fused-ring (bicyclic) bond motifs is 1.